The summed E-state index contributed by atoms with van der Waals surface area (Å²) < 4.78 is 17.1. The van der Waals surface area contributed by atoms with Crippen LogP contribution >= 0.6 is 0 Å². The number of hydrogen-bond acceptors (Lipinski definition) is 7. The minimum absolute atomic E-state index is 0.0254. The zero-order valence-electron chi connectivity index (χ0n) is 23.3. The SMILES string of the molecule is CCOc1cc2c(cc1OC)C(c1cccc(NC(=O)CCC(=O)N(C)C)c1)=NC1CCC(OC(C)=O)CC21. The highest BCUT2D eigenvalue weighted by Crippen LogP contribution is 2.45. The second-order valence-corrected chi connectivity index (χ2v) is 10.1. The minimum Gasteiger partial charge on any atom is -0.493 e. The third-order valence-corrected chi connectivity index (χ3v) is 7.17. The van der Waals surface area contributed by atoms with E-state index in [0.717, 1.165) is 35.2 Å². The highest BCUT2D eigenvalue weighted by molar-refractivity contribution is 6.15. The van der Waals surface area contributed by atoms with Crippen LogP contribution in [0, 0.1) is 0 Å². The molecule has 0 saturated heterocycles. The van der Waals surface area contributed by atoms with Crippen molar-refractivity contribution in [2.24, 2.45) is 4.99 Å². The first-order valence-corrected chi connectivity index (χ1v) is 13.4. The second-order valence-electron chi connectivity index (χ2n) is 10.1. The van der Waals surface area contributed by atoms with Gasteiger partial charge in [0.2, 0.25) is 11.8 Å². The molecule has 1 N–H and O–H groups in total. The van der Waals surface area contributed by atoms with Crippen molar-refractivity contribution in [3.63, 3.8) is 0 Å². The number of carbonyl (C=O) groups excluding carboxylic acids is 3. The standard InChI is InChI=1S/C30H37N3O6/c1-6-38-27-16-22-23-15-21(39-18(2)34)10-11-25(23)32-30(24(22)17-26(27)37-5)19-8-7-9-20(14-19)31-28(35)12-13-29(36)33(3)4/h7-9,14,16-17,21,23,25H,6,10-13,15H2,1-5H3,(H,31,35). The summed E-state index contributed by atoms with van der Waals surface area (Å²) in [5, 5.41) is 2.91. The third kappa shape index (κ3) is 6.58. The van der Waals surface area contributed by atoms with E-state index in [1.165, 1.54) is 11.8 Å². The summed E-state index contributed by atoms with van der Waals surface area (Å²) in [5.74, 6) is 0.772. The smallest absolute Gasteiger partial charge is 0.302 e. The number of ether oxygens (including phenoxy) is 3. The van der Waals surface area contributed by atoms with Gasteiger partial charge in [0, 0.05) is 56.6 Å². The molecule has 2 amide bonds. The summed E-state index contributed by atoms with van der Waals surface area (Å²) in [6.07, 6.45) is 2.34. The van der Waals surface area contributed by atoms with Crippen LogP contribution in [0.25, 0.3) is 0 Å². The number of carbonyl (C=O) groups is 3. The lowest BCUT2D eigenvalue weighted by Gasteiger charge is -2.38. The molecule has 0 bridgehead atoms. The van der Waals surface area contributed by atoms with Crippen LogP contribution in [0.15, 0.2) is 41.4 Å². The fraction of sp³-hybridized carbons (Fsp3) is 0.467. The molecule has 9 heteroatoms. The summed E-state index contributed by atoms with van der Waals surface area (Å²) in [7, 11) is 4.96. The van der Waals surface area contributed by atoms with Crippen LogP contribution in [0.2, 0.25) is 0 Å². The van der Waals surface area contributed by atoms with Gasteiger partial charge < -0.3 is 24.4 Å². The highest BCUT2D eigenvalue weighted by Gasteiger charge is 2.38. The van der Waals surface area contributed by atoms with E-state index in [4.69, 9.17) is 19.2 Å². The van der Waals surface area contributed by atoms with E-state index >= 15 is 0 Å². The van der Waals surface area contributed by atoms with Crippen LogP contribution in [0.4, 0.5) is 5.69 Å². The predicted molar refractivity (Wildman–Crippen MR) is 149 cm³/mol. The Kier molecular flexibility index (Phi) is 8.89. The molecule has 39 heavy (non-hydrogen) atoms. The Morgan fingerprint density at radius 2 is 1.87 bits per heavy atom. The van der Waals surface area contributed by atoms with Crippen LogP contribution in [-0.4, -0.2) is 68.4 Å². The third-order valence-electron chi connectivity index (χ3n) is 7.17. The van der Waals surface area contributed by atoms with Gasteiger partial charge in [0.1, 0.15) is 6.10 Å². The Morgan fingerprint density at radius 1 is 1.08 bits per heavy atom. The van der Waals surface area contributed by atoms with E-state index in [1.807, 2.05) is 43.3 Å². The van der Waals surface area contributed by atoms with Gasteiger partial charge in [0.25, 0.3) is 0 Å². The summed E-state index contributed by atoms with van der Waals surface area (Å²) in [6, 6.07) is 11.6. The van der Waals surface area contributed by atoms with Crippen LogP contribution in [0.1, 0.15) is 68.6 Å². The zero-order chi connectivity index (χ0) is 28.1. The van der Waals surface area contributed by atoms with E-state index in [1.54, 1.807) is 21.2 Å². The summed E-state index contributed by atoms with van der Waals surface area (Å²) in [4.78, 5) is 42.7. The first-order chi connectivity index (χ1) is 18.7. The predicted octanol–water partition coefficient (Wildman–Crippen LogP) is 4.32. The lowest BCUT2D eigenvalue weighted by molar-refractivity contribution is -0.148. The normalized spacial score (nSPS) is 19.6. The van der Waals surface area contributed by atoms with Crippen LogP contribution < -0.4 is 14.8 Å². The number of fused-ring (bicyclic) bond motifs is 3. The molecular weight excluding hydrogens is 498 g/mol. The molecule has 3 atom stereocenters. The van der Waals surface area contributed by atoms with Crippen molar-refractivity contribution in [1.29, 1.82) is 0 Å². The van der Waals surface area contributed by atoms with E-state index in [9.17, 15) is 14.4 Å². The number of nitrogens with zero attached hydrogens (tertiary/aromatic N) is 2. The van der Waals surface area contributed by atoms with Gasteiger partial charge in [-0.05, 0) is 56.0 Å². The summed E-state index contributed by atoms with van der Waals surface area (Å²) in [5.41, 5.74) is 4.34. The molecule has 208 valence electrons. The molecule has 9 nitrogen and oxygen atoms in total. The summed E-state index contributed by atoms with van der Waals surface area (Å²) in [6.45, 7) is 3.88. The van der Waals surface area contributed by atoms with Crippen molar-refractivity contribution >= 4 is 29.2 Å². The maximum Gasteiger partial charge on any atom is 0.302 e. The lowest BCUT2D eigenvalue weighted by atomic mass is 9.74. The van der Waals surface area contributed by atoms with Gasteiger partial charge in [-0.1, -0.05) is 12.1 Å². The van der Waals surface area contributed by atoms with Crippen molar-refractivity contribution in [1.82, 2.24) is 4.90 Å². The Labute approximate surface area is 229 Å². The van der Waals surface area contributed by atoms with Crippen molar-refractivity contribution < 1.29 is 28.6 Å². The maximum atomic E-state index is 12.5. The van der Waals surface area contributed by atoms with E-state index < -0.39 is 0 Å². The molecule has 2 aromatic rings. The van der Waals surface area contributed by atoms with Gasteiger partial charge in [0.15, 0.2) is 11.5 Å². The van der Waals surface area contributed by atoms with E-state index in [2.05, 4.69) is 5.32 Å². The molecule has 2 aromatic carbocycles. The molecule has 1 aliphatic carbocycles. The quantitative estimate of drug-likeness (QED) is 0.480. The Bertz CT molecular complexity index is 1270. The fourth-order valence-electron chi connectivity index (χ4n) is 5.34. The molecule has 0 aromatic heterocycles. The molecule has 1 fully saturated rings. The van der Waals surface area contributed by atoms with Crippen LogP contribution in [-0.2, 0) is 19.1 Å². The zero-order valence-corrected chi connectivity index (χ0v) is 23.3. The van der Waals surface area contributed by atoms with Crippen LogP contribution in [0.5, 0.6) is 11.5 Å². The largest absolute Gasteiger partial charge is 0.493 e. The first-order valence-electron chi connectivity index (χ1n) is 13.4. The monoisotopic (exact) mass is 535 g/mol. The number of esters is 1. The Hall–Kier alpha value is -3.88. The Balaban J connectivity index is 1.67. The van der Waals surface area contributed by atoms with Crippen molar-refractivity contribution in [2.45, 2.75) is 64.0 Å². The second kappa shape index (κ2) is 12.3. The molecule has 4 rings (SSSR count). The van der Waals surface area contributed by atoms with Gasteiger partial charge in [-0.15, -0.1) is 0 Å². The molecule has 0 spiro atoms. The lowest BCUT2D eigenvalue weighted by Crippen LogP contribution is -2.36. The average molecular weight is 536 g/mol. The van der Waals surface area contributed by atoms with Gasteiger partial charge >= 0.3 is 5.97 Å². The van der Waals surface area contributed by atoms with Gasteiger partial charge in [-0.25, -0.2) is 0 Å². The molecule has 2 aliphatic rings. The minimum atomic E-state index is -0.270. The summed E-state index contributed by atoms with van der Waals surface area (Å²) >= 11 is 0. The Morgan fingerprint density at radius 3 is 2.56 bits per heavy atom. The van der Waals surface area contributed by atoms with E-state index in [-0.39, 0.29) is 48.7 Å². The van der Waals surface area contributed by atoms with Gasteiger partial charge in [-0.3, -0.25) is 19.4 Å². The molecule has 0 radical (unpaired) electrons. The van der Waals surface area contributed by atoms with Crippen LogP contribution in [0.3, 0.4) is 0 Å². The number of anilines is 1. The molecular formula is C30H37N3O6. The number of amides is 2. The molecule has 1 aliphatic heterocycles. The molecule has 1 saturated carbocycles. The first kappa shape index (κ1) is 28.1. The van der Waals surface area contributed by atoms with Gasteiger partial charge in [0.05, 0.1) is 25.5 Å². The average Bonchev–Trinajstić information content (AvgIpc) is 2.91. The van der Waals surface area contributed by atoms with Crippen molar-refractivity contribution in [2.75, 3.05) is 33.1 Å². The van der Waals surface area contributed by atoms with Gasteiger partial charge in [-0.2, -0.15) is 0 Å². The number of benzene rings is 2. The number of methoxy groups -OCH3 is 1. The fourth-order valence-corrected chi connectivity index (χ4v) is 5.34. The number of rotatable bonds is 9. The topological polar surface area (TPSA) is 107 Å². The highest BCUT2D eigenvalue weighted by atomic mass is 16.5. The number of aliphatic imine (C=N–C) groups is 1. The molecule has 3 unspecified atom stereocenters. The maximum absolute atomic E-state index is 12.5. The van der Waals surface area contributed by atoms with Crippen molar-refractivity contribution in [3.05, 3.63) is 53.1 Å². The van der Waals surface area contributed by atoms with Crippen molar-refractivity contribution in [3.8, 4) is 11.5 Å². The van der Waals surface area contributed by atoms with E-state index in [0.29, 0.717) is 30.2 Å². The number of hydrogen-bond donors (Lipinski definition) is 1. The number of nitrogens with one attached hydrogen (secondary N) is 1. The molecule has 1 heterocycles.